The summed E-state index contributed by atoms with van der Waals surface area (Å²) in [5.41, 5.74) is 3.28. The predicted molar refractivity (Wildman–Crippen MR) is 166 cm³/mol. The van der Waals surface area contributed by atoms with Crippen molar-refractivity contribution in [1.82, 2.24) is 4.57 Å². The van der Waals surface area contributed by atoms with Crippen LogP contribution in [0.25, 0.3) is 17.4 Å². The Morgan fingerprint density at radius 1 is 1.07 bits per heavy atom. The van der Waals surface area contributed by atoms with E-state index in [1.807, 2.05) is 12.1 Å². The van der Waals surface area contributed by atoms with E-state index in [9.17, 15) is 24.1 Å². The number of halogens is 1. The molecule has 6 rings (SSSR count). The summed E-state index contributed by atoms with van der Waals surface area (Å²) in [6.45, 7) is 5.20. The minimum atomic E-state index is -0.860. The SMILES string of the molecule is CC1=C(C(=O)Nc2ccccc2)[C@H](c2ccc(F)cc2)n2c(s/c(=C\c3ccc(-c4cc(C)c(C)c([N+](=O)[O-])c4)o3)c2=O)=N1. The second-order valence-electron chi connectivity index (χ2n) is 10.3. The molecule has 1 N–H and O–H groups in total. The molecule has 0 saturated carbocycles. The van der Waals surface area contributed by atoms with Crippen LogP contribution < -0.4 is 20.2 Å². The molecule has 9 nitrogen and oxygen atoms in total. The van der Waals surface area contributed by atoms with E-state index in [0.717, 1.165) is 16.9 Å². The lowest BCUT2D eigenvalue weighted by Gasteiger charge is -2.25. The zero-order valence-corrected chi connectivity index (χ0v) is 24.6. The van der Waals surface area contributed by atoms with E-state index in [0.29, 0.717) is 48.9 Å². The summed E-state index contributed by atoms with van der Waals surface area (Å²) in [5.74, 6) is -0.101. The van der Waals surface area contributed by atoms with Gasteiger partial charge in [0.1, 0.15) is 17.3 Å². The third kappa shape index (κ3) is 5.29. The second-order valence-corrected chi connectivity index (χ2v) is 11.4. The first-order chi connectivity index (χ1) is 21.1. The Morgan fingerprint density at radius 3 is 2.50 bits per heavy atom. The van der Waals surface area contributed by atoms with Gasteiger partial charge in [0, 0.05) is 29.0 Å². The Labute approximate surface area is 254 Å². The van der Waals surface area contributed by atoms with Gasteiger partial charge in [-0.1, -0.05) is 41.7 Å². The summed E-state index contributed by atoms with van der Waals surface area (Å²) < 4.78 is 21.6. The molecule has 3 aromatic carbocycles. The van der Waals surface area contributed by atoms with Gasteiger partial charge in [-0.2, -0.15) is 0 Å². The number of rotatable bonds is 6. The van der Waals surface area contributed by atoms with Crippen molar-refractivity contribution in [3.05, 3.63) is 148 Å². The highest BCUT2D eigenvalue weighted by atomic mass is 32.1. The number of para-hydroxylation sites is 1. The number of nitrogens with one attached hydrogen (secondary N) is 1. The molecule has 0 saturated heterocycles. The molecule has 0 fully saturated rings. The zero-order valence-electron chi connectivity index (χ0n) is 23.8. The fraction of sp³-hybridized carbons (Fsp3) is 0.121. The van der Waals surface area contributed by atoms with E-state index in [-0.39, 0.29) is 11.3 Å². The Balaban J connectivity index is 1.44. The van der Waals surface area contributed by atoms with Crippen LogP contribution >= 0.6 is 11.3 Å². The number of amides is 1. The van der Waals surface area contributed by atoms with Gasteiger partial charge in [-0.3, -0.25) is 24.3 Å². The van der Waals surface area contributed by atoms with Gasteiger partial charge in [0.15, 0.2) is 4.80 Å². The van der Waals surface area contributed by atoms with Gasteiger partial charge >= 0.3 is 0 Å². The second kappa shape index (κ2) is 11.3. The maximum atomic E-state index is 13.9. The van der Waals surface area contributed by atoms with Gasteiger partial charge in [0.25, 0.3) is 17.2 Å². The maximum absolute atomic E-state index is 13.9. The summed E-state index contributed by atoms with van der Waals surface area (Å²) >= 11 is 1.13. The summed E-state index contributed by atoms with van der Waals surface area (Å²) in [7, 11) is 0. The van der Waals surface area contributed by atoms with Crippen molar-refractivity contribution in [2.75, 3.05) is 5.32 Å². The minimum Gasteiger partial charge on any atom is -0.457 e. The molecule has 0 unspecified atom stereocenters. The highest BCUT2D eigenvalue weighted by molar-refractivity contribution is 7.07. The number of nitrogens with zero attached hydrogens (tertiary/aromatic N) is 3. The van der Waals surface area contributed by atoms with Crippen molar-refractivity contribution < 1.29 is 18.5 Å². The van der Waals surface area contributed by atoms with Crippen LogP contribution in [0.3, 0.4) is 0 Å². The Morgan fingerprint density at radius 2 is 1.80 bits per heavy atom. The topological polar surface area (TPSA) is 120 Å². The van der Waals surface area contributed by atoms with Crippen molar-refractivity contribution in [3.63, 3.8) is 0 Å². The van der Waals surface area contributed by atoms with Gasteiger partial charge in [-0.25, -0.2) is 9.38 Å². The number of carbonyl (C=O) groups is 1. The molecule has 0 spiro atoms. The van der Waals surface area contributed by atoms with E-state index >= 15 is 0 Å². The van der Waals surface area contributed by atoms with Gasteiger partial charge in [-0.15, -0.1) is 0 Å². The smallest absolute Gasteiger partial charge is 0.273 e. The molecule has 44 heavy (non-hydrogen) atoms. The van der Waals surface area contributed by atoms with E-state index in [2.05, 4.69) is 10.3 Å². The molecule has 220 valence electrons. The molecule has 3 heterocycles. The Hall–Kier alpha value is -5.42. The number of aryl methyl sites for hydroxylation is 1. The van der Waals surface area contributed by atoms with E-state index in [1.165, 1.54) is 22.8 Å². The number of anilines is 1. The van der Waals surface area contributed by atoms with Gasteiger partial charge in [0.05, 0.1) is 26.8 Å². The zero-order chi connectivity index (χ0) is 31.1. The molecule has 1 aliphatic heterocycles. The molecule has 11 heteroatoms. The number of hydrogen-bond donors (Lipinski definition) is 1. The molecule has 1 aliphatic rings. The first-order valence-electron chi connectivity index (χ1n) is 13.6. The number of nitro groups is 1. The monoisotopic (exact) mass is 608 g/mol. The largest absolute Gasteiger partial charge is 0.457 e. The van der Waals surface area contributed by atoms with E-state index in [1.54, 1.807) is 75.4 Å². The van der Waals surface area contributed by atoms with Crippen molar-refractivity contribution in [2.45, 2.75) is 26.8 Å². The number of aromatic nitrogens is 1. The Kier molecular flexibility index (Phi) is 7.40. The first kappa shape index (κ1) is 28.7. The molecule has 0 aliphatic carbocycles. The lowest BCUT2D eigenvalue weighted by molar-refractivity contribution is -0.385. The summed E-state index contributed by atoms with van der Waals surface area (Å²) in [6, 6.07) is 20.4. The quantitative estimate of drug-likeness (QED) is 0.193. The van der Waals surface area contributed by atoms with Crippen molar-refractivity contribution in [3.8, 4) is 11.3 Å². The molecule has 0 bridgehead atoms. The number of carbonyl (C=O) groups excluding carboxylic acids is 1. The normalized spacial score (nSPS) is 14.7. The number of allylic oxidation sites excluding steroid dienone is 1. The van der Waals surface area contributed by atoms with E-state index in [4.69, 9.17) is 4.42 Å². The number of benzene rings is 3. The van der Waals surface area contributed by atoms with Gasteiger partial charge in [0.2, 0.25) is 0 Å². The Bertz CT molecular complexity index is 2160. The molecular formula is C33H25FN4O5S. The van der Waals surface area contributed by atoms with Crippen molar-refractivity contribution in [2.24, 2.45) is 4.99 Å². The molecule has 0 radical (unpaired) electrons. The van der Waals surface area contributed by atoms with Crippen LogP contribution in [0.4, 0.5) is 15.8 Å². The molecular weight excluding hydrogens is 583 g/mol. The van der Waals surface area contributed by atoms with E-state index < -0.39 is 28.2 Å². The van der Waals surface area contributed by atoms with Crippen LogP contribution in [-0.2, 0) is 4.79 Å². The maximum Gasteiger partial charge on any atom is 0.273 e. The standard InChI is InChI=1S/C33H25FN4O5S/c1-18-15-22(16-26(19(18)2)38(41)42)27-14-13-25(43-27)17-28-32(40)37-30(21-9-11-23(34)12-10-21)29(20(3)35-33(37)44-28)31(39)36-24-7-5-4-6-8-24/h4-17,30H,1-3H3,(H,36,39)/b28-17-/t30-/m0/s1. The summed E-state index contributed by atoms with van der Waals surface area (Å²) in [5, 5.41) is 14.4. The highest BCUT2D eigenvalue weighted by Crippen LogP contribution is 2.32. The van der Waals surface area contributed by atoms with Gasteiger partial charge in [-0.05, 0) is 74.4 Å². The van der Waals surface area contributed by atoms with Crippen LogP contribution in [0.1, 0.15) is 35.4 Å². The predicted octanol–water partition coefficient (Wildman–Crippen LogP) is 5.80. The number of furan rings is 1. The average molecular weight is 609 g/mol. The highest BCUT2D eigenvalue weighted by Gasteiger charge is 2.32. The third-order valence-electron chi connectivity index (χ3n) is 7.51. The number of nitro benzene ring substituents is 1. The number of hydrogen-bond acceptors (Lipinski definition) is 7. The molecule has 2 aromatic heterocycles. The number of thiazole rings is 1. The average Bonchev–Trinajstić information content (AvgIpc) is 3.58. The van der Waals surface area contributed by atoms with Crippen LogP contribution in [0.5, 0.6) is 0 Å². The van der Waals surface area contributed by atoms with Crippen molar-refractivity contribution in [1.29, 1.82) is 0 Å². The van der Waals surface area contributed by atoms with Crippen LogP contribution in [0, 0.1) is 29.8 Å². The lowest BCUT2D eigenvalue weighted by atomic mass is 9.95. The molecule has 5 aromatic rings. The third-order valence-corrected chi connectivity index (χ3v) is 8.49. The summed E-state index contributed by atoms with van der Waals surface area (Å²) in [4.78, 5) is 43.6. The van der Waals surface area contributed by atoms with Crippen LogP contribution in [0.2, 0.25) is 0 Å². The van der Waals surface area contributed by atoms with Crippen molar-refractivity contribution >= 4 is 34.7 Å². The van der Waals surface area contributed by atoms with Crippen LogP contribution in [-0.4, -0.2) is 15.4 Å². The van der Waals surface area contributed by atoms with Gasteiger partial charge < -0.3 is 9.73 Å². The molecule has 1 amide bonds. The fourth-order valence-electron chi connectivity index (χ4n) is 5.18. The lowest BCUT2D eigenvalue weighted by Crippen LogP contribution is -2.40. The summed E-state index contributed by atoms with van der Waals surface area (Å²) in [6.07, 6.45) is 1.58. The fourth-order valence-corrected chi connectivity index (χ4v) is 6.21. The minimum absolute atomic E-state index is 0.00507. The first-order valence-corrected chi connectivity index (χ1v) is 14.4. The number of fused-ring (bicyclic) bond motifs is 1. The molecule has 1 atom stereocenters. The van der Waals surface area contributed by atoms with Crippen LogP contribution in [0.15, 0.2) is 104 Å².